The number of ether oxygens (including phenoxy) is 3. The molecular formula is C20H20BrNO4. The van der Waals surface area contributed by atoms with Gasteiger partial charge in [-0.3, -0.25) is 4.79 Å². The number of hydrogen-bond donors (Lipinski definition) is 1. The molecule has 2 aliphatic rings. The van der Waals surface area contributed by atoms with Crippen molar-refractivity contribution in [2.45, 2.75) is 6.04 Å². The summed E-state index contributed by atoms with van der Waals surface area (Å²) in [4.78, 5) is 12.7. The topological polar surface area (TPSA) is 56.8 Å². The predicted molar refractivity (Wildman–Crippen MR) is 101 cm³/mol. The summed E-state index contributed by atoms with van der Waals surface area (Å²) in [7, 11) is 1.58. The number of carbonyl (C=O) groups excluding carboxylic acids is 1. The molecule has 0 radical (unpaired) electrons. The fraction of sp³-hybridized carbons (Fsp3) is 0.350. The second-order valence-corrected chi connectivity index (χ2v) is 7.47. The molecule has 2 fully saturated rings. The van der Waals surface area contributed by atoms with E-state index in [0.29, 0.717) is 23.1 Å². The predicted octanol–water partition coefficient (Wildman–Crippen LogP) is 3.47. The van der Waals surface area contributed by atoms with E-state index in [1.54, 1.807) is 13.2 Å². The maximum absolute atomic E-state index is 12.7. The van der Waals surface area contributed by atoms with Crippen LogP contribution in [0.15, 0.2) is 46.9 Å². The van der Waals surface area contributed by atoms with Crippen molar-refractivity contribution in [1.82, 2.24) is 5.32 Å². The van der Waals surface area contributed by atoms with Crippen LogP contribution in [-0.2, 0) is 9.47 Å². The zero-order valence-corrected chi connectivity index (χ0v) is 16.0. The second kappa shape index (κ2) is 7.39. The van der Waals surface area contributed by atoms with Crippen LogP contribution in [0.3, 0.4) is 0 Å². The van der Waals surface area contributed by atoms with E-state index in [2.05, 4.69) is 21.2 Å². The Morgan fingerprint density at radius 2 is 1.96 bits per heavy atom. The first-order chi connectivity index (χ1) is 12.7. The van der Waals surface area contributed by atoms with Crippen LogP contribution in [0.25, 0.3) is 11.1 Å². The highest BCUT2D eigenvalue weighted by atomic mass is 79.9. The van der Waals surface area contributed by atoms with Crippen molar-refractivity contribution >= 4 is 21.8 Å². The summed E-state index contributed by atoms with van der Waals surface area (Å²) in [6.07, 6.45) is 0. The Morgan fingerprint density at radius 1 is 1.23 bits per heavy atom. The zero-order valence-electron chi connectivity index (χ0n) is 14.4. The maximum atomic E-state index is 12.7. The first kappa shape index (κ1) is 17.5. The number of fused-ring (bicyclic) bond motifs is 1. The average Bonchev–Trinajstić information content (AvgIpc) is 3.07. The monoisotopic (exact) mass is 417 g/mol. The van der Waals surface area contributed by atoms with Crippen LogP contribution in [0.5, 0.6) is 5.75 Å². The molecule has 1 amide bonds. The highest BCUT2D eigenvalue weighted by Crippen LogP contribution is 2.44. The van der Waals surface area contributed by atoms with E-state index in [4.69, 9.17) is 14.2 Å². The number of methoxy groups -OCH3 is 1. The Kier molecular flexibility index (Phi) is 4.98. The van der Waals surface area contributed by atoms with Crippen LogP contribution in [0, 0.1) is 11.8 Å². The van der Waals surface area contributed by atoms with Gasteiger partial charge in [-0.25, -0.2) is 0 Å². The quantitative estimate of drug-likeness (QED) is 0.730. The van der Waals surface area contributed by atoms with E-state index in [1.165, 1.54) is 0 Å². The number of hydrogen-bond acceptors (Lipinski definition) is 4. The Morgan fingerprint density at radius 3 is 2.65 bits per heavy atom. The van der Waals surface area contributed by atoms with Crippen molar-refractivity contribution in [3.8, 4) is 16.9 Å². The lowest BCUT2D eigenvalue weighted by molar-refractivity contribution is 0.0510. The number of benzene rings is 2. The smallest absolute Gasteiger partial charge is 0.251 e. The lowest BCUT2D eigenvalue weighted by Crippen LogP contribution is -2.30. The van der Waals surface area contributed by atoms with Crippen LogP contribution in [0.4, 0.5) is 0 Å². The Labute approximate surface area is 160 Å². The van der Waals surface area contributed by atoms with Gasteiger partial charge in [0, 0.05) is 36.1 Å². The molecule has 1 N–H and O–H groups in total. The largest absolute Gasteiger partial charge is 0.466 e. The molecule has 1 unspecified atom stereocenters. The normalized spacial score (nSPS) is 23.4. The molecule has 0 aromatic heterocycles. The van der Waals surface area contributed by atoms with Crippen molar-refractivity contribution in [2.24, 2.45) is 11.8 Å². The summed E-state index contributed by atoms with van der Waals surface area (Å²) >= 11 is 3.54. The van der Waals surface area contributed by atoms with Crippen LogP contribution < -0.4 is 10.1 Å². The number of amides is 1. The van der Waals surface area contributed by atoms with Gasteiger partial charge in [0.2, 0.25) is 0 Å². The Bertz CT molecular complexity index is 801. The summed E-state index contributed by atoms with van der Waals surface area (Å²) in [5.74, 6) is 1.53. The minimum absolute atomic E-state index is 0.0689. The van der Waals surface area contributed by atoms with Gasteiger partial charge in [0.1, 0.15) is 5.75 Å². The Hall–Kier alpha value is -1.89. The molecular weight excluding hydrogens is 398 g/mol. The third-order valence-electron chi connectivity index (χ3n) is 4.96. The van der Waals surface area contributed by atoms with Gasteiger partial charge in [0.05, 0.1) is 17.7 Å². The summed E-state index contributed by atoms with van der Waals surface area (Å²) in [6.45, 7) is 1.63. The summed E-state index contributed by atoms with van der Waals surface area (Å²) < 4.78 is 16.9. The molecule has 1 aliphatic carbocycles. The van der Waals surface area contributed by atoms with Crippen molar-refractivity contribution in [3.05, 3.63) is 52.5 Å². The molecule has 1 saturated heterocycles. The summed E-state index contributed by atoms with van der Waals surface area (Å²) in [5, 5.41) is 3.14. The highest BCUT2D eigenvalue weighted by molar-refractivity contribution is 9.10. The van der Waals surface area contributed by atoms with Crippen molar-refractivity contribution in [2.75, 3.05) is 27.1 Å². The lowest BCUT2D eigenvalue weighted by atomic mass is 10.0. The molecule has 3 atom stereocenters. The average molecular weight is 418 g/mol. The SMILES string of the molecule is COCOc1c(Br)cc(C(=O)NC2[C@H]3COC[C@@H]23)cc1-c1ccccc1. The molecule has 1 heterocycles. The van der Waals surface area contributed by atoms with Gasteiger partial charge in [-0.05, 0) is 33.6 Å². The maximum Gasteiger partial charge on any atom is 0.251 e. The molecule has 4 rings (SSSR count). The van der Waals surface area contributed by atoms with Gasteiger partial charge in [0.15, 0.2) is 6.79 Å². The molecule has 2 aromatic carbocycles. The molecule has 1 saturated carbocycles. The van der Waals surface area contributed by atoms with E-state index in [0.717, 1.165) is 28.8 Å². The van der Waals surface area contributed by atoms with Gasteiger partial charge < -0.3 is 19.5 Å². The number of nitrogens with one attached hydrogen (secondary N) is 1. The third-order valence-corrected chi connectivity index (χ3v) is 5.55. The van der Waals surface area contributed by atoms with E-state index in [9.17, 15) is 4.79 Å². The minimum Gasteiger partial charge on any atom is -0.466 e. The first-order valence-electron chi connectivity index (χ1n) is 8.58. The van der Waals surface area contributed by atoms with Gasteiger partial charge in [0.25, 0.3) is 5.91 Å². The molecule has 6 heteroatoms. The molecule has 0 spiro atoms. The van der Waals surface area contributed by atoms with Crippen molar-refractivity contribution in [3.63, 3.8) is 0 Å². The Balaban J connectivity index is 1.63. The summed E-state index contributed by atoms with van der Waals surface area (Å²) in [5.41, 5.74) is 2.43. The van der Waals surface area contributed by atoms with E-state index in [-0.39, 0.29) is 18.7 Å². The molecule has 2 aromatic rings. The van der Waals surface area contributed by atoms with Crippen LogP contribution in [0.1, 0.15) is 10.4 Å². The van der Waals surface area contributed by atoms with E-state index >= 15 is 0 Å². The fourth-order valence-electron chi connectivity index (χ4n) is 3.51. The summed E-state index contributed by atoms with van der Waals surface area (Å²) in [6, 6.07) is 13.8. The van der Waals surface area contributed by atoms with Crippen LogP contribution in [0.2, 0.25) is 0 Å². The van der Waals surface area contributed by atoms with E-state index in [1.807, 2.05) is 36.4 Å². The van der Waals surface area contributed by atoms with Crippen molar-refractivity contribution in [1.29, 1.82) is 0 Å². The highest BCUT2D eigenvalue weighted by Gasteiger charge is 2.54. The molecule has 26 heavy (non-hydrogen) atoms. The first-order valence-corrected chi connectivity index (χ1v) is 9.37. The lowest BCUT2D eigenvalue weighted by Gasteiger charge is -2.15. The van der Waals surface area contributed by atoms with Gasteiger partial charge in [-0.2, -0.15) is 0 Å². The van der Waals surface area contributed by atoms with Gasteiger partial charge in [-0.1, -0.05) is 30.3 Å². The molecule has 5 nitrogen and oxygen atoms in total. The zero-order chi connectivity index (χ0) is 18.1. The van der Waals surface area contributed by atoms with Crippen molar-refractivity contribution < 1.29 is 19.0 Å². The second-order valence-electron chi connectivity index (χ2n) is 6.62. The molecule has 0 bridgehead atoms. The number of carbonyl (C=O) groups is 1. The minimum atomic E-state index is -0.0689. The molecule has 136 valence electrons. The fourth-order valence-corrected chi connectivity index (χ4v) is 4.08. The molecule has 1 aliphatic heterocycles. The van der Waals surface area contributed by atoms with Crippen LogP contribution in [-0.4, -0.2) is 39.1 Å². The standard InChI is InChI=1S/C20H20BrNO4/c1-24-11-26-19-14(12-5-3-2-4-6-12)7-13(8-17(19)21)20(23)22-18-15-9-25-10-16(15)18/h2-8,15-16,18H,9-11H2,1H3,(H,22,23)/t15-,16+,18?. The van der Waals surface area contributed by atoms with E-state index < -0.39 is 0 Å². The van der Waals surface area contributed by atoms with Gasteiger partial charge >= 0.3 is 0 Å². The number of halogens is 1. The van der Waals surface area contributed by atoms with Gasteiger partial charge in [-0.15, -0.1) is 0 Å². The third kappa shape index (κ3) is 3.37. The van der Waals surface area contributed by atoms with Crippen LogP contribution >= 0.6 is 15.9 Å². The number of rotatable bonds is 6.